The number of anilines is 1. The highest BCUT2D eigenvalue weighted by Crippen LogP contribution is 2.26. The standard InChI is InChI=1S/C14H23N3O2S/c1-2-11(9-10-15)16-13-5-3-4-6-14(13)20(18,19)17-12-7-8-12/h3-6,11-12,16-17H,2,7-10,15H2,1H3. The molecule has 1 aromatic rings. The van der Waals surface area contributed by atoms with Gasteiger partial charge in [0.05, 0.1) is 5.69 Å². The number of hydrogen-bond donors (Lipinski definition) is 3. The normalized spacial score (nSPS) is 16.9. The molecule has 1 atom stereocenters. The Morgan fingerprint density at radius 1 is 1.35 bits per heavy atom. The van der Waals surface area contributed by atoms with Crippen molar-refractivity contribution in [3.05, 3.63) is 24.3 Å². The monoisotopic (exact) mass is 297 g/mol. The van der Waals surface area contributed by atoms with E-state index in [2.05, 4.69) is 17.0 Å². The fourth-order valence-corrected chi connectivity index (χ4v) is 3.58. The molecule has 0 saturated heterocycles. The maximum Gasteiger partial charge on any atom is 0.242 e. The predicted octanol–water partition coefficient (Wildman–Crippen LogP) is 1.67. The zero-order chi connectivity index (χ0) is 14.6. The topological polar surface area (TPSA) is 84.2 Å². The first-order chi connectivity index (χ1) is 9.56. The predicted molar refractivity (Wildman–Crippen MR) is 81.2 cm³/mol. The summed E-state index contributed by atoms with van der Waals surface area (Å²) >= 11 is 0. The van der Waals surface area contributed by atoms with Crippen LogP contribution in [0.2, 0.25) is 0 Å². The zero-order valence-electron chi connectivity index (χ0n) is 11.8. The van der Waals surface area contributed by atoms with Crippen molar-refractivity contribution in [1.29, 1.82) is 0 Å². The fraction of sp³-hybridized carbons (Fsp3) is 0.571. The van der Waals surface area contributed by atoms with Crippen molar-refractivity contribution >= 4 is 15.7 Å². The molecule has 0 aliphatic heterocycles. The van der Waals surface area contributed by atoms with E-state index in [-0.39, 0.29) is 12.1 Å². The average Bonchev–Trinajstić information content (AvgIpc) is 3.22. The molecular weight excluding hydrogens is 274 g/mol. The van der Waals surface area contributed by atoms with E-state index in [1.165, 1.54) is 0 Å². The van der Waals surface area contributed by atoms with Gasteiger partial charge in [-0.2, -0.15) is 0 Å². The Balaban J connectivity index is 2.20. The van der Waals surface area contributed by atoms with Gasteiger partial charge in [0, 0.05) is 12.1 Å². The summed E-state index contributed by atoms with van der Waals surface area (Å²) in [6.07, 6.45) is 3.59. The number of benzene rings is 1. The van der Waals surface area contributed by atoms with Gasteiger partial charge in [-0.3, -0.25) is 0 Å². The molecule has 1 aromatic carbocycles. The molecule has 0 heterocycles. The highest BCUT2D eigenvalue weighted by atomic mass is 32.2. The number of rotatable bonds is 8. The maximum atomic E-state index is 12.4. The molecule has 1 unspecified atom stereocenters. The third-order valence-electron chi connectivity index (χ3n) is 3.44. The van der Waals surface area contributed by atoms with E-state index >= 15 is 0 Å². The van der Waals surface area contributed by atoms with Gasteiger partial charge in [-0.25, -0.2) is 13.1 Å². The molecular formula is C14H23N3O2S. The number of nitrogens with one attached hydrogen (secondary N) is 2. The van der Waals surface area contributed by atoms with Crippen LogP contribution in [0.1, 0.15) is 32.6 Å². The molecule has 0 spiro atoms. The highest BCUT2D eigenvalue weighted by molar-refractivity contribution is 7.89. The lowest BCUT2D eigenvalue weighted by atomic mass is 10.1. The Bertz CT molecular complexity index is 541. The van der Waals surface area contributed by atoms with Gasteiger partial charge in [0.25, 0.3) is 0 Å². The number of nitrogens with two attached hydrogens (primary N) is 1. The van der Waals surface area contributed by atoms with Crippen molar-refractivity contribution < 1.29 is 8.42 Å². The minimum atomic E-state index is -3.44. The molecule has 0 bridgehead atoms. The first kappa shape index (κ1) is 15.3. The quantitative estimate of drug-likeness (QED) is 0.681. The summed E-state index contributed by atoms with van der Waals surface area (Å²) in [4.78, 5) is 0.322. The van der Waals surface area contributed by atoms with E-state index < -0.39 is 10.0 Å². The molecule has 2 rings (SSSR count). The van der Waals surface area contributed by atoms with E-state index in [0.717, 1.165) is 25.7 Å². The number of sulfonamides is 1. The third kappa shape index (κ3) is 3.94. The van der Waals surface area contributed by atoms with E-state index in [1.54, 1.807) is 18.2 Å². The first-order valence-corrected chi connectivity index (χ1v) is 8.63. The molecule has 5 nitrogen and oxygen atoms in total. The van der Waals surface area contributed by atoms with Crippen LogP contribution in [-0.4, -0.2) is 27.0 Å². The van der Waals surface area contributed by atoms with Crippen molar-refractivity contribution in [2.45, 2.75) is 49.6 Å². The van der Waals surface area contributed by atoms with Gasteiger partial charge in [0.15, 0.2) is 0 Å². The third-order valence-corrected chi connectivity index (χ3v) is 5.02. The van der Waals surface area contributed by atoms with Crippen LogP contribution in [0.3, 0.4) is 0 Å². The SMILES string of the molecule is CCC(CCN)Nc1ccccc1S(=O)(=O)NC1CC1. The molecule has 0 amide bonds. The van der Waals surface area contributed by atoms with E-state index in [4.69, 9.17) is 5.73 Å². The van der Waals surface area contributed by atoms with Crippen LogP contribution in [0.15, 0.2) is 29.2 Å². The minimum absolute atomic E-state index is 0.110. The van der Waals surface area contributed by atoms with Gasteiger partial charge in [-0.05, 0) is 44.4 Å². The van der Waals surface area contributed by atoms with Crippen LogP contribution in [0.25, 0.3) is 0 Å². The lowest BCUT2D eigenvalue weighted by molar-refractivity contribution is 0.580. The average molecular weight is 297 g/mol. The van der Waals surface area contributed by atoms with Crippen LogP contribution in [0.5, 0.6) is 0 Å². The summed E-state index contributed by atoms with van der Waals surface area (Å²) < 4.78 is 27.4. The lowest BCUT2D eigenvalue weighted by Gasteiger charge is -2.20. The molecule has 20 heavy (non-hydrogen) atoms. The first-order valence-electron chi connectivity index (χ1n) is 7.14. The second kappa shape index (κ2) is 6.56. The molecule has 1 aliphatic carbocycles. The molecule has 1 saturated carbocycles. The number of hydrogen-bond acceptors (Lipinski definition) is 4. The summed E-state index contributed by atoms with van der Waals surface area (Å²) in [5, 5.41) is 3.30. The van der Waals surface area contributed by atoms with Gasteiger partial charge >= 0.3 is 0 Å². The van der Waals surface area contributed by atoms with Crippen LogP contribution in [0, 0.1) is 0 Å². The van der Waals surface area contributed by atoms with Crippen LogP contribution < -0.4 is 15.8 Å². The zero-order valence-corrected chi connectivity index (χ0v) is 12.6. The van der Waals surface area contributed by atoms with Gasteiger partial charge in [-0.15, -0.1) is 0 Å². The molecule has 0 radical (unpaired) electrons. The summed E-state index contributed by atoms with van der Waals surface area (Å²) in [6, 6.07) is 7.34. The van der Waals surface area contributed by atoms with Crippen molar-refractivity contribution in [2.75, 3.05) is 11.9 Å². The second-order valence-corrected chi connectivity index (χ2v) is 6.90. The largest absolute Gasteiger partial charge is 0.381 e. The molecule has 6 heteroatoms. The Hall–Kier alpha value is -1.11. The molecule has 4 N–H and O–H groups in total. The van der Waals surface area contributed by atoms with Gasteiger partial charge in [0.2, 0.25) is 10.0 Å². The molecule has 1 aliphatic rings. The fourth-order valence-electron chi connectivity index (χ4n) is 2.10. The van der Waals surface area contributed by atoms with Crippen LogP contribution in [-0.2, 0) is 10.0 Å². The van der Waals surface area contributed by atoms with Crippen LogP contribution >= 0.6 is 0 Å². The molecule has 1 fully saturated rings. The van der Waals surface area contributed by atoms with Crippen LogP contribution in [0.4, 0.5) is 5.69 Å². The second-order valence-electron chi connectivity index (χ2n) is 5.22. The van der Waals surface area contributed by atoms with Gasteiger partial charge in [0.1, 0.15) is 4.90 Å². The Labute approximate surface area is 121 Å². The summed E-state index contributed by atoms with van der Waals surface area (Å²) in [7, 11) is -3.44. The number of para-hydroxylation sites is 1. The summed E-state index contributed by atoms with van der Waals surface area (Å²) in [5.41, 5.74) is 6.24. The summed E-state index contributed by atoms with van der Waals surface area (Å²) in [6.45, 7) is 2.65. The van der Waals surface area contributed by atoms with Gasteiger partial charge < -0.3 is 11.1 Å². The minimum Gasteiger partial charge on any atom is -0.381 e. The van der Waals surface area contributed by atoms with Gasteiger partial charge in [-0.1, -0.05) is 19.1 Å². The van der Waals surface area contributed by atoms with Crippen molar-refractivity contribution in [1.82, 2.24) is 4.72 Å². The smallest absolute Gasteiger partial charge is 0.242 e. The van der Waals surface area contributed by atoms with E-state index in [1.807, 2.05) is 6.07 Å². The molecule has 0 aromatic heterocycles. The van der Waals surface area contributed by atoms with Crippen molar-refractivity contribution in [2.24, 2.45) is 5.73 Å². The van der Waals surface area contributed by atoms with E-state index in [0.29, 0.717) is 17.1 Å². The van der Waals surface area contributed by atoms with Crippen molar-refractivity contribution in [3.63, 3.8) is 0 Å². The highest BCUT2D eigenvalue weighted by Gasteiger charge is 2.29. The van der Waals surface area contributed by atoms with E-state index in [9.17, 15) is 8.42 Å². The van der Waals surface area contributed by atoms with Crippen molar-refractivity contribution in [3.8, 4) is 0 Å². The summed E-state index contributed by atoms with van der Waals surface area (Å²) in [5.74, 6) is 0. The Morgan fingerprint density at radius 2 is 2.05 bits per heavy atom. The molecule has 112 valence electrons. The lowest BCUT2D eigenvalue weighted by Crippen LogP contribution is -2.28. The maximum absolute atomic E-state index is 12.4. The Morgan fingerprint density at radius 3 is 2.65 bits per heavy atom. The Kier molecular flexibility index (Phi) is 5.01.